The van der Waals surface area contributed by atoms with Gasteiger partial charge in [0, 0.05) is 18.5 Å². The number of rotatable bonds is 6. The Labute approximate surface area is 122 Å². The zero-order chi connectivity index (χ0) is 15.2. The Morgan fingerprint density at radius 2 is 2.10 bits per heavy atom. The highest BCUT2D eigenvalue weighted by molar-refractivity contribution is 7.14. The van der Waals surface area contributed by atoms with Gasteiger partial charge in [-0.2, -0.15) is 0 Å². The number of aromatic nitrogens is 1. The molecule has 0 aliphatic rings. The van der Waals surface area contributed by atoms with Crippen LogP contribution in [-0.2, 0) is 9.53 Å². The van der Waals surface area contributed by atoms with Crippen LogP contribution < -0.4 is 10.6 Å². The fourth-order valence-corrected chi connectivity index (χ4v) is 2.18. The predicted molar refractivity (Wildman–Crippen MR) is 79.1 cm³/mol. The minimum absolute atomic E-state index is 0.0350. The predicted octanol–water partition coefficient (Wildman–Crippen LogP) is 2.04. The molecule has 0 unspecified atom stereocenters. The molecule has 7 heteroatoms. The molecule has 0 atom stereocenters. The van der Waals surface area contributed by atoms with Gasteiger partial charge in [0.1, 0.15) is 5.00 Å². The van der Waals surface area contributed by atoms with Crippen molar-refractivity contribution in [2.24, 2.45) is 0 Å². The smallest absolute Gasteiger partial charge is 0.360 e. The molecule has 0 aliphatic heterocycles. The van der Waals surface area contributed by atoms with Gasteiger partial charge in [-0.25, -0.2) is 9.78 Å². The van der Waals surface area contributed by atoms with Gasteiger partial charge >= 0.3 is 5.97 Å². The monoisotopic (exact) mass is 299 g/mol. The van der Waals surface area contributed by atoms with Crippen molar-refractivity contribution in [3.63, 3.8) is 0 Å². The fraction of sp³-hybridized carbons (Fsp3) is 0.615. The third-order valence-electron chi connectivity index (χ3n) is 2.19. The third kappa shape index (κ3) is 5.56. The molecule has 0 saturated carbocycles. The van der Waals surface area contributed by atoms with E-state index in [9.17, 15) is 9.59 Å². The quantitative estimate of drug-likeness (QED) is 0.786. The zero-order valence-electron chi connectivity index (χ0n) is 12.3. The molecule has 0 aliphatic carbocycles. The summed E-state index contributed by atoms with van der Waals surface area (Å²) in [6.07, 6.45) is 0.331. The van der Waals surface area contributed by atoms with Gasteiger partial charge < -0.3 is 15.4 Å². The van der Waals surface area contributed by atoms with Crippen molar-refractivity contribution in [2.75, 3.05) is 18.5 Å². The summed E-state index contributed by atoms with van der Waals surface area (Å²) in [5.74, 6) is -0.484. The summed E-state index contributed by atoms with van der Waals surface area (Å²) in [7, 11) is 0. The summed E-state index contributed by atoms with van der Waals surface area (Å²) in [5.41, 5.74) is 1.61. The Balaban J connectivity index is 2.45. The molecule has 0 saturated heterocycles. The highest BCUT2D eigenvalue weighted by atomic mass is 32.1. The van der Waals surface area contributed by atoms with Crippen LogP contribution in [0, 0.1) is 0 Å². The van der Waals surface area contributed by atoms with E-state index in [1.807, 2.05) is 20.8 Å². The van der Waals surface area contributed by atoms with Gasteiger partial charge in [0.05, 0.1) is 12.1 Å². The second kappa shape index (κ2) is 7.23. The number of nitrogens with zero attached hydrogens (tertiary/aromatic N) is 1. The molecule has 2 N–H and O–H groups in total. The van der Waals surface area contributed by atoms with E-state index in [-0.39, 0.29) is 17.1 Å². The summed E-state index contributed by atoms with van der Waals surface area (Å²) in [5, 5.41) is 6.55. The van der Waals surface area contributed by atoms with E-state index < -0.39 is 5.97 Å². The molecule has 1 rings (SSSR count). The Hall–Kier alpha value is -1.63. The van der Waals surface area contributed by atoms with Crippen LogP contribution in [0.5, 0.6) is 0 Å². The van der Waals surface area contributed by atoms with Crippen molar-refractivity contribution in [1.82, 2.24) is 10.3 Å². The van der Waals surface area contributed by atoms with Crippen molar-refractivity contribution in [3.05, 3.63) is 11.2 Å². The van der Waals surface area contributed by atoms with Crippen LogP contribution in [0.25, 0.3) is 0 Å². The maximum atomic E-state index is 11.7. The van der Waals surface area contributed by atoms with Crippen LogP contribution in [0.15, 0.2) is 5.51 Å². The van der Waals surface area contributed by atoms with Crippen LogP contribution in [0.2, 0.25) is 0 Å². The van der Waals surface area contributed by atoms with Crippen LogP contribution in [-0.4, -0.2) is 35.6 Å². The van der Waals surface area contributed by atoms with Gasteiger partial charge in [0.15, 0.2) is 5.69 Å². The Bertz CT molecular complexity index is 466. The van der Waals surface area contributed by atoms with Gasteiger partial charge in [-0.1, -0.05) is 0 Å². The molecule has 0 aromatic carbocycles. The molecular formula is C13H21N3O3S. The molecule has 1 amide bonds. The fourth-order valence-electron chi connectivity index (χ4n) is 1.49. The standard InChI is InChI=1S/C13H21N3O3S/c1-5-19-12(18)10-11(20-8-15-10)14-7-6-9(17)16-13(2,3)4/h8,14H,5-7H2,1-4H3,(H,16,17). The SMILES string of the molecule is CCOC(=O)c1ncsc1NCCC(=O)NC(C)(C)C. The maximum Gasteiger partial charge on any atom is 0.360 e. The maximum absolute atomic E-state index is 11.7. The summed E-state index contributed by atoms with van der Waals surface area (Å²) >= 11 is 1.31. The van der Waals surface area contributed by atoms with E-state index in [4.69, 9.17) is 4.74 Å². The molecule has 0 spiro atoms. The first kappa shape index (κ1) is 16.4. The number of esters is 1. The topological polar surface area (TPSA) is 80.3 Å². The summed E-state index contributed by atoms with van der Waals surface area (Å²) in [4.78, 5) is 27.2. The van der Waals surface area contributed by atoms with Crippen molar-refractivity contribution < 1.29 is 14.3 Å². The van der Waals surface area contributed by atoms with Crippen molar-refractivity contribution in [1.29, 1.82) is 0 Å². The van der Waals surface area contributed by atoms with E-state index >= 15 is 0 Å². The highest BCUT2D eigenvalue weighted by Gasteiger charge is 2.17. The van der Waals surface area contributed by atoms with Crippen molar-refractivity contribution in [3.8, 4) is 0 Å². The number of ether oxygens (including phenoxy) is 1. The van der Waals surface area contributed by atoms with E-state index in [0.717, 1.165) is 0 Å². The Morgan fingerprint density at radius 3 is 2.70 bits per heavy atom. The lowest BCUT2D eigenvalue weighted by Crippen LogP contribution is -2.41. The van der Waals surface area contributed by atoms with Gasteiger partial charge in [0.2, 0.25) is 5.91 Å². The Morgan fingerprint density at radius 1 is 1.40 bits per heavy atom. The summed E-state index contributed by atoms with van der Waals surface area (Å²) in [6, 6.07) is 0. The largest absolute Gasteiger partial charge is 0.461 e. The minimum atomic E-state index is -0.449. The number of carbonyl (C=O) groups excluding carboxylic acids is 2. The number of hydrogen-bond donors (Lipinski definition) is 2. The average molecular weight is 299 g/mol. The molecule has 1 heterocycles. The van der Waals surface area contributed by atoms with Gasteiger partial charge in [-0.15, -0.1) is 11.3 Å². The number of amides is 1. The normalized spacial score (nSPS) is 11.0. The average Bonchev–Trinajstić information content (AvgIpc) is 2.75. The van der Waals surface area contributed by atoms with Crippen LogP contribution in [0.3, 0.4) is 0 Å². The molecule has 20 heavy (non-hydrogen) atoms. The van der Waals surface area contributed by atoms with Crippen molar-refractivity contribution >= 4 is 28.2 Å². The molecule has 6 nitrogen and oxygen atoms in total. The minimum Gasteiger partial charge on any atom is -0.461 e. The summed E-state index contributed by atoms with van der Waals surface area (Å²) < 4.78 is 4.91. The second-order valence-corrected chi connectivity index (χ2v) is 6.08. The van der Waals surface area contributed by atoms with E-state index in [2.05, 4.69) is 15.6 Å². The first-order valence-electron chi connectivity index (χ1n) is 6.49. The van der Waals surface area contributed by atoms with E-state index in [1.54, 1.807) is 12.4 Å². The number of thiazole rings is 1. The molecule has 0 bridgehead atoms. The molecule has 1 aromatic rings. The zero-order valence-corrected chi connectivity index (χ0v) is 13.1. The number of nitrogens with one attached hydrogen (secondary N) is 2. The Kier molecular flexibility index (Phi) is 5.94. The number of carbonyl (C=O) groups is 2. The molecule has 1 aromatic heterocycles. The molecular weight excluding hydrogens is 278 g/mol. The van der Waals surface area contributed by atoms with E-state index in [1.165, 1.54) is 11.3 Å². The first-order valence-corrected chi connectivity index (χ1v) is 7.37. The van der Waals surface area contributed by atoms with Crippen LogP contribution in [0.4, 0.5) is 5.00 Å². The van der Waals surface area contributed by atoms with Crippen molar-refractivity contribution in [2.45, 2.75) is 39.7 Å². The number of hydrogen-bond acceptors (Lipinski definition) is 6. The third-order valence-corrected chi connectivity index (χ3v) is 2.97. The number of anilines is 1. The van der Waals surface area contributed by atoms with E-state index in [0.29, 0.717) is 24.6 Å². The van der Waals surface area contributed by atoms with Gasteiger partial charge in [-0.3, -0.25) is 4.79 Å². The lowest BCUT2D eigenvalue weighted by Gasteiger charge is -2.20. The molecule has 0 radical (unpaired) electrons. The molecule has 0 fully saturated rings. The summed E-state index contributed by atoms with van der Waals surface area (Å²) in [6.45, 7) is 8.29. The van der Waals surface area contributed by atoms with Crippen LogP contribution in [0.1, 0.15) is 44.6 Å². The van der Waals surface area contributed by atoms with Crippen LogP contribution >= 0.6 is 11.3 Å². The van der Waals surface area contributed by atoms with Gasteiger partial charge in [-0.05, 0) is 27.7 Å². The first-order chi connectivity index (χ1) is 9.33. The highest BCUT2D eigenvalue weighted by Crippen LogP contribution is 2.20. The molecule has 112 valence electrons. The van der Waals surface area contributed by atoms with Gasteiger partial charge in [0.25, 0.3) is 0 Å². The lowest BCUT2D eigenvalue weighted by molar-refractivity contribution is -0.122. The lowest BCUT2D eigenvalue weighted by atomic mass is 10.1. The second-order valence-electron chi connectivity index (χ2n) is 5.23.